The summed E-state index contributed by atoms with van der Waals surface area (Å²) in [5.74, 6) is 0.196. The second-order valence-corrected chi connectivity index (χ2v) is 7.38. The number of nitrogens with zero attached hydrogens (tertiary/aromatic N) is 3. The second-order valence-electron chi connectivity index (χ2n) is 7.38. The number of rotatable bonds is 4. The average molecular weight is 353 g/mol. The van der Waals surface area contributed by atoms with Gasteiger partial charge in [-0.05, 0) is 36.5 Å². The SMILES string of the molecule is Cc1nc2nc[nH]n2c(=O)c1CCC(=O)Nc1ccc(C(C)(C)C)cc1. The lowest BCUT2D eigenvalue weighted by atomic mass is 9.87. The number of aromatic amines is 1. The van der Waals surface area contributed by atoms with Crippen LogP contribution in [0.15, 0.2) is 35.4 Å². The fourth-order valence-electron chi connectivity index (χ4n) is 2.80. The molecule has 7 heteroatoms. The van der Waals surface area contributed by atoms with Crippen LogP contribution in [0.3, 0.4) is 0 Å². The van der Waals surface area contributed by atoms with Crippen molar-refractivity contribution in [3.63, 3.8) is 0 Å². The molecule has 3 rings (SSSR count). The molecule has 0 fully saturated rings. The minimum atomic E-state index is -0.215. The van der Waals surface area contributed by atoms with Crippen LogP contribution in [0.4, 0.5) is 5.69 Å². The number of carbonyl (C=O) groups is 1. The number of hydrogen-bond donors (Lipinski definition) is 2. The molecule has 0 saturated heterocycles. The molecule has 0 aliphatic carbocycles. The summed E-state index contributed by atoms with van der Waals surface area (Å²) in [6.07, 6.45) is 1.95. The number of aromatic nitrogens is 4. The number of fused-ring (bicyclic) bond motifs is 1. The van der Waals surface area contributed by atoms with Crippen LogP contribution in [0.25, 0.3) is 5.78 Å². The third-order valence-electron chi connectivity index (χ3n) is 4.37. The van der Waals surface area contributed by atoms with Crippen molar-refractivity contribution in [1.82, 2.24) is 19.6 Å². The summed E-state index contributed by atoms with van der Waals surface area (Å²) in [7, 11) is 0. The minimum absolute atomic E-state index is 0.0700. The second kappa shape index (κ2) is 6.74. The largest absolute Gasteiger partial charge is 0.326 e. The maximum atomic E-state index is 12.4. The van der Waals surface area contributed by atoms with E-state index in [1.807, 2.05) is 24.3 Å². The van der Waals surface area contributed by atoms with Crippen LogP contribution in [0.5, 0.6) is 0 Å². The third-order valence-corrected chi connectivity index (χ3v) is 4.37. The Morgan fingerprint density at radius 1 is 1.23 bits per heavy atom. The van der Waals surface area contributed by atoms with E-state index in [9.17, 15) is 9.59 Å². The van der Waals surface area contributed by atoms with E-state index in [2.05, 4.69) is 41.2 Å². The van der Waals surface area contributed by atoms with Crippen molar-refractivity contribution in [1.29, 1.82) is 0 Å². The molecule has 7 nitrogen and oxygen atoms in total. The normalized spacial score (nSPS) is 11.7. The Kier molecular flexibility index (Phi) is 4.63. The topological polar surface area (TPSA) is 92.2 Å². The van der Waals surface area contributed by atoms with E-state index in [1.165, 1.54) is 16.4 Å². The van der Waals surface area contributed by atoms with Crippen LogP contribution in [-0.4, -0.2) is 25.5 Å². The smallest absolute Gasteiger partial charge is 0.277 e. The average Bonchev–Trinajstić information content (AvgIpc) is 3.02. The zero-order valence-corrected chi connectivity index (χ0v) is 15.5. The van der Waals surface area contributed by atoms with Crippen LogP contribution in [0, 0.1) is 6.92 Å². The fourth-order valence-corrected chi connectivity index (χ4v) is 2.80. The number of hydrogen-bond acceptors (Lipinski definition) is 4. The van der Waals surface area contributed by atoms with E-state index in [0.717, 1.165) is 5.69 Å². The molecule has 0 atom stereocenters. The predicted octanol–water partition coefficient (Wildman–Crippen LogP) is 2.59. The molecule has 0 spiro atoms. The van der Waals surface area contributed by atoms with Crippen molar-refractivity contribution in [2.75, 3.05) is 5.32 Å². The summed E-state index contributed by atoms with van der Waals surface area (Å²) >= 11 is 0. The van der Waals surface area contributed by atoms with Crippen molar-refractivity contribution in [2.24, 2.45) is 0 Å². The van der Waals surface area contributed by atoms with Gasteiger partial charge in [-0.1, -0.05) is 32.9 Å². The number of nitrogens with one attached hydrogen (secondary N) is 2. The highest BCUT2D eigenvalue weighted by atomic mass is 16.1. The Hall–Kier alpha value is -2.96. The molecule has 0 saturated carbocycles. The molecule has 1 amide bonds. The van der Waals surface area contributed by atoms with E-state index in [0.29, 0.717) is 23.5 Å². The predicted molar refractivity (Wildman–Crippen MR) is 100 cm³/mol. The molecule has 0 radical (unpaired) electrons. The van der Waals surface area contributed by atoms with E-state index in [4.69, 9.17) is 0 Å². The molecule has 2 aromatic heterocycles. The van der Waals surface area contributed by atoms with Gasteiger partial charge in [-0.2, -0.15) is 4.52 Å². The van der Waals surface area contributed by atoms with Crippen molar-refractivity contribution in [2.45, 2.75) is 46.0 Å². The lowest BCUT2D eigenvalue weighted by Gasteiger charge is -2.19. The molecule has 136 valence electrons. The Bertz CT molecular complexity index is 993. The van der Waals surface area contributed by atoms with Crippen LogP contribution >= 0.6 is 0 Å². The minimum Gasteiger partial charge on any atom is -0.326 e. The molecule has 3 aromatic rings. The third kappa shape index (κ3) is 3.66. The zero-order valence-electron chi connectivity index (χ0n) is 15.5. The van der Waals surface area contributed by atoms with Gasteiger partial charge in [0, 0.05) is 17.7 Å². The molecule has 26 heavy (non-hydrogen) atoms. The van der Waals surface area contributed by atoms with E-state index >= 15 is 0 Å². The molecule has 0 aliphatic rings. The van der Waals surface area contributed by atoms with Crippen LogP contribution < -0.4 is 10.9 Å². The van der Waals surface area contributed by atoms with Crippen LogP contribution in [-0.2, 0) is 16.6 Å². The van der Waals surface area contributed by atoms with Crippen LogP contribution in [0.1, 0.15) is 44.0 Å². The monoisotopic (exact) mass is 353 g/mol. The molecular formula is C19H23N5O2. The van der Waals surface area contributed by atoms with E-state index in [1.54, 1.807) is 6.92 Å². The molecule has 0 unspecified atom stereocenters. The van der Waals surface area contributed by atoms with Crippen molar-refractivity contribution >= 4 is 17.4 Å². The quantitative estimate of drug-likeness (QED) is 0.754. The fraction of sp³-hybridized carbons (Fsp3) is 0.368. The summed E-state index contributed by atoms with van der Waals surface area (Å²) in [6, 6.07) is 7.83. The standard InChI is InChI=1S/C19H23N5O2/c1-12-15(17(26)24-18(22-12)20-11-21-24)9-10-16(25)23-14-7-5-13(6-8-14)19(2,3)4/h5-8,11H,9-10H2,1-4H3,(H,23,25)(H,20,21,22). The van der Waals surface area contributed by atoms with Gasteiger partial charge in [-0.25, -0.2) is 9.97 Å². The highest BCUT2D eigenvalue weighted by molar-refractivity contribution is 5.90. The van der Waals surface area contributed by atoms with Crippen LogP contribution in [0.2, 0.25) is 0 Å². The van der Waals surface area contributed by atoms with Gasteiger partial charge < -0.3 is 5.32 Å². The number of anilines is 1. The zero-order chi connectivity index (χ0) is 18.9. The molecule has 2 N–H and O–H groups in total. The summed E-state index contributed by atoms with van der Waals surface area (Å²) in [4.78, 5) is 32.9. The van der Waals surface area contributed by atoms with E-state index in [-0.39, 0.29) is 23.3 Å². The van der Waals surface area contributed by atoms with Gasteiger partial charge in [0.1, 0.15) is 6.33 Å². The first-order chi connectivity index (χ1) is 12.3. The summed E-state index contributed by atoms with van der Waals surface area (Å²) in [5.41, 5.74) is 2.93. The van der Waals surface area contributed by atoms with Gasteiger partial charge in [0.15, 0.2) is 0 Å². The lowest BCUT2D eigenvalue weighted by molar-refractivity contribution is -0.116. The Balaban J connectivity index is 1.67. The van der Waals surface area contributed by atoms with Gasteiger partial charge in [-0.3, -0.25) is 14.7 Å². The first-order valence-corrected chi connectivity index (χ1v) is 8.58. The maximum absolute atomic E-state index is 12.4. The maximum Gasteiger partial charge on any atom is 0.277 e. The molecule has 0 bridgehead atoms. The van der Waals surface area contributed by atoms with Crippen molar-refractivity contribution in [3.8, 4) is 0 Å². The molecule has 1 aromatic carbocycles. The first-order valence-electron chi connectivity index (χ1n) is 8.58. The highest BCUT2D eigenvalue weighted by Crippen LogP contribution is 2.23. The van der Waals surface area contributed by atoms with Gasteiger partial charge in [0.2, 0.25) is 5.91 Å². The first kappa shape index (κ1) is 17.8. The van der Waals surface area contributed by atoms with E-state index < -0.39 is 0 Å². The van der Waals surface area contributed by atoms with Gasteiger partial charge >= 0.3 is 0 Å². The van der Waals surface area contributed by atoms with Crippen molar-refractivity contribution < 1.29 is 4.79 Å². The van der Waals surface area contributed by atoms with Gasteiger partial charge in [0.05, 0.1) is 5.69 Å². The number of H-pyrrole nitrogens is 1. The molecule has 2 heterocycles. The molecular weight excluding hydrogens is 330 g/mol. The summed E-state index contributed by atoms with van der Waals surface area (Å²) in [5, 5.41) is 5.60. The summed E-state index contributed by atoms with van der Waals surface area (Å²) in [6.45, 7) is 8.19. The highest BCUT2D eigenvalue weighted by Gasteiger charge is 2.15. The Morgan fingerprint density at radius 2 is 1.92 bits per heavy atom. The number of benzene rings is 1. The molecule has 0 aliphatic heterocycles. The van der Waals surface area contributed by atoms with Crippen molar-refractivity contribution in [3.05, 3.63) is 57.8 Å². The Morgan fingerprint density at radius 3 is 2.58 bits per heavy atom. The number of aryl methyl sites for hydroxylation is 1. The number of carbonyl (C=O) groups excluding carboxylic acids is 1. The van der Waals surface area contributed by atoms with Gasteiger partial charge in [-0.15, -0.1) is 0 Å². The van der Waals surface area contributed by atoms with Gasteiger partial charge in [0.25, 0.3) is 11.3 Å². The lowest BCUT2D eigenvalue weighted by Crippen LogP contribution is -2.23. The Labute approximate surface area is 151 Å². The summed E-state index contributed by atoms with van der Waals surface area (Å²) < 4.78 is 1.28. The number of amides is 1.